The van der Waals surface area contributed by atoms with Crippen LogP contribution in [0.4, 0.5) is 0 Å². The van der Waals surface area contributed by atoms with Crippen LogP contribution in [0.1, 0.15) is 45.4 Å². The van der Waals surface area contributed by atoms with Gasteiger partial charge < -0.3 is 14.7 Å². The van der Waals surface area contributed by atoms with Gasteiger partial charge in [-0.25, -0.2) is 0 Å². The van der Waals surface area contributed by atoms with Crippen molar-refractivity contribution in [3.05, 3.63) is 0 Å². The summed E-state index contributed by atoms with van der Waals surface area (Å²) in [5.74, 6) is -0.842. The van der Waals surface area contributed by atoms with Gasteiger partial charge in [-0.2, -0.15) is 0 Å². The molecule has 0 radical (unpaired) electrons. The van der Waals surface area contributed by atoms with E-state index in [2.05, 4.69) is 0 Å². The number of hydrogen-bond donors (Lipinski definition) is 1. The van der Waals surface area contributed by atoms with E-state index < -0.39 is 5.97 Å². The molecule has 0 aromatic heterocycles. The number of carboxylic acids is 1. The number of nitrogens with zero attached hydrogens (tertiary/aromatic N) is 1. The lowest BCUT2D eigenvalue weighted by atomic mass is 9.98. The van der Waals surface area contributed by atoms with Crippen molar-refractivity contribution >= 4 is 11.9 Å². The number of amides is 1. The highest BCUT2D eigenvalue weighted by molar-refractivity contribution is 5.82. The number of ether oxygens (including phenoxy) is 1. The number of carboxylic acid groups (broad SMARTS) is 1. The number of rotatable bonds is 3. The highest BCUT2D eigenvalue weighted by Crippen LogP contribution is 2.26. The van der Waals surface area contributed by atoms with Crippen molar-refractivity contribution in [3.63, 3.8) is 0 Å². The van der Waals surface area contributed by atoms with Crippen LogP contribution in [0.25, 0.3) is 0 Å². The van der Waals surface area contributed by atoms with Gasteiger partial charge in [0, 0.05) is 12.6 Å². The first-order valence-corrected chi connectivity index (χ1v) is 6.75. The number of hydrogen-bond acceptors (Lipinski definition) is 3. The maximum atomic E-state index is 12.3. The molecule has 2 saturated heterocycles. The Hall–Kier alpha value is -1.10. The molecule has 2 aliphatic rings. The number of carbonyl (C=O) groups excluding carboxylic acids is 1. The van der Waals surface area contributed by atoms with Gasteiger partial charge in [-0.05, 0) is 39.0 Å². The Kier molecular flexibility index (Phi) is 4.22. The van der Waals surface area contributed by atoms with Crippen LogP contribution >= 0.6 is 0 Å². The summed E-state index contributed by atoms with van der Waals surface area (Å²) in [6, 6.07) is -0.150. The molecule has 5 nitrogen and oxygen atoms in total. The zero-order valence-corrected chi connectivity index (χ0v) is 10.8. The lowest BCUT2D eigenvalue weighted by Crippen LogP contribution is -2.48. The number of likely N-dealkylation sites (tertiary alicyclic amines) is 1. The molecule has 0 bridgehead atoms. The van der Waals surface area contributed by atoms with E-state index >= 15 is 0 Å². The Morgan fingerprint density at radius 3 is 2.67 bits per heavy atom. The van der Waals surface area contributed by atoms with Crippen molar-refractivity contribution in [2.45, 2.75) is 63.7 Å². The molecule has 3 atom stereocenters. The fourth-order valence-corrected chi connectivity index (χ4v) is 2.87. The van der Waals surface area contributed by atoms with Gasteiger partial charge in [0.15, 0.2) is 0 Å². The summed E-state index contributed by atoms with van der Waals surface area (Å²) in [7, 11) is 0. The highest BCUT2D eigenvalue weighted by Gasteiger charge is 2.36. The first kappa shape index (κ1) is 13.3. The van der Waals surface area contributed by atoms with E-state index in [1.54, 1.807) is 4.90 Å². The van der Waals surface area contributed by atoms with Crippen molar-refractivity contribution in [1.82, 2.24) is 4.90 Å². The smallest absolute Gasteiger partial charge is 0.305 e. The number of carbonyl (C=O) groups is 2. The summed E-state index contributed by atoms with van der Waals surface area (Å²) < 4.78 is 5.59. The van der Waals surface area contributed by atoms with Gasteiger partial charge in [-0.15, -0.1) is 0 Å². The van der Waals surface area contributed by atoms with Gasteiger partial charge in [-0.1, -0.05) is 0 Å². The predicted molar refractivity (Wildman–Crippen MR) is 65.2 cm³/mol. The number of piperidine rings is 1. The number of aliphatic carboxylic acids is 1. The molecule has 0 aromatic carbocycles. The first-order valence-electron chi connectivity index (χ1n) is 6.75. The quantitative estimate of drug-likeness (QED) is 0.828. The molecule has 0 aromatic rings. The zero-order chi connectivity index (χ0) is 13.1. The molecule has 1 amide bonds. The van der Waals surface area contributed by atoms with E-state index in [9.17, 15) is 9.59 Å². The van der Waals surface area contributed by atoms with Gasteiger partial charge in [0.25, 0.3) is 5.91 Å². The van der Waals surface area contributed by atoms with Crippen molar-refractivity contribution in [1.29, 1.82) is 0 Å². The van der Waals surface area contributed by atoms with Crippen LogP contribution in [0.2, 0.25) is 0 Å². The normalized spacial score (nSPS) is 32.5. The van der Waals surface area contributed by atoms with Crippen LogP contribution in [0.3, 0.4) is 0 Å². The predicted octanol–water partition coefficient (Wildman–Crippen LogP) is 1.41. The second-order valence-corrected chi connectivity index (χ2v) is 5.29. The second kappa shape index (κ2) is 5.69. The third-order valence-electron chi connectivity index (χ3n) is 3.83. The monoisotopic (exact) mass is 255 g/mol. The molecule has 0 spiro atoms. The Morgan fingerprint density at radius 2 is 2.06 bits per heavy atom. The molecule has 3 unspecified atom stereocenters. The van der Waals surface area contributed by atoms with E-state index in [1.807, 2.05) is 6.92 Å². The largest absolute Gasteiger partial charge is 0.481 e. The van der Waals surface area contributed by atoms with E-state index in [0.29, 0.717) is 6.54 Å². The minimum absolute atomic E-state index is 0.00898. The summed E-state index contributed by atoms with van der Waals surface area (Å²) in [5, 5.41) is 8.90. The zero-order valence-electron chi connectivity index (χ0n) is 10.8. The van der Waals surface area contributed by atoms with Crippen LogP contribution < -0.4 is 0 Å². The van der Waals surface area contributed by atoms with Gasteiger partial charge in [0.1, 0.15) is 6.10 Å². The fourth-order valence-electron chi connectivity index (χ4n) is 2.87. The summed E-state index contributed by atoms with van der Waals surface area (Å²) in [6.07, 6.45) is 4.27. The molecule has 5 heteroatoms. The molecule has 0 aliphatic carbocycles. The maximum Gasteiger partial charge on any atom is 0.305 e. The molecule has 0 saturated carbocycles. The summed E-state index contributed by atoms with van der Waals surface area (Å²) in [5.41, 5.74) is 0. The first-order chi connectivity index (χ1) is 8.58. The third kappa shape index (κ3) is 3.02. The van der Waals surface area contributed by atoms with Crippen molar-refractivity contribution in [3.8, 4) is 0 Å². The molecule has 1 N–H and O–H groups in total. The second-order valence-electron chi connectivity index (χ2n) is 5.29. The summed E-state index contributed by atoms with van der Waals surface area (Å²) in [6.45, 7) is 2.64. The van der Waals surface area contributed by atoms with E-state index in [4.69, 9.17) is 9.84 Å². The molecular weight excluding hydrogens is 234 g/mol. The van der Waals surface area contributed by atoms with Gasteiger partial charge in [-0.3, -0.25) is 9.59 Å². The van der Waals surface area contributed by atoms with Crippen molar-refractivity contribution < 1.29 is 19.4 Å². The SMILES string of the molecule is CC1CCC(C(=O)N2CCCCC2CC(=O)O)O1. The van der Waals surface area contributed by atoms with Crippen LogP contribution in [0.15, 0.2) is 0 Å². The molecule has 2 fully saturated rings. The van der Waals surface area contributed by atoms with Crippen LogP contribution in [-0.2, 0) is 14.3 Å². The lowest BCUT2D eigenvalue weighted by Gasteiger charge is -2.36. The minimum atomic E-state index is -0.833. The average molecular weight is 255 g/mol. The van der Waals surface area contributed by atoms with E-state index in [0.717, 1.165) is 32.1 Å². The topological polar surface area (TPSA) is 66.8 Å². The van der Waals surface area contributed by atoms with Crippen molar-refractivity contribution in [2.75, 3.05) is 6.54 Å². The van der Waals surface area contributed by atoms with E-state index in [-0.39, 0.29) is 30.6 Å². The van der Waals surface area contributed by atoms with Gasteiger partial charge in [0.05, 0.1) is 12.5 Å². The Balaban J connectivity index is 1.99. The fraction of sp³-hybridized carbons (Fsp3) is 0.846. The third-order valence-corrected chi connectivity index (χ3v) is 3.83. The Bertz CT molecular complexity index is 331. The molecular formula is C13H21NO4. The summed E-state index contributed by atoms with van der Waals surface area (Å²) in [4.78, 5) is 24.9. The molecule has 18 heavy (non-hydrogen) atoms. The molecule has 2 heterocycles. The lowest BCUT2D eigenvalue weighted by molar-refractivity contribution is -0.149. The summed E-state index contributed by atoms with van der Waals surface area (Å²) >= 11 is 0. The van der Waals surface area contributed by atoms with E-state index in [1.165, 1.54) is 0 Å². The maximum absolute atomic E-state index is 12.3. The molecule has 2 aliphatic heterocycles. The van der Waals surface area contributed by atoms with Gasteiger partial charge >= 0.3 is 5.97 Å². The average Bonchev–Trinajstić information content (AvgIpc) is 2.75. The van der Waals surface area contributed by atoms with Crippen LogP contribution in [0.5, 0.6) is 0 Å². The highest BCUT2D eigenvalue weighted by atomic mass is 16.5. The van der Waals surface area contributed by atoms with Crippen LogP contribution in [-0.4, -0.2) is 46.7 Å². The molecule has 2 rings (SSSR count). The standard InChI is InChI=1S/C13H21NO4/c1-9-5-6-11(18-9)13(17)14-7-3-2-4-10(14)8-12(15)16/h9-11H,2-8H2,1H3,(H,15,16). The van der Waals surface area contributed by atoms with Crippen molar-refractivity contribution in [2.24, 2.45) is 0 Å². The van der Waals surface area contributed by atoms with Gasteiger partial charge in [0.2, 0.25) is 0 Å². The van der Waals surface area contributed by atoms with Crippen LogP contribution in [0, 0.1) is 0 Å². The minimum Gasteiger partial charge on any atom is -0.481 e. The Morgan fingerprint density at radius 1 is 1.28 bits per heavy atom. The Labute approximate surface area is 107 Å². The molecule has 102 valence electrons.